The summed E-state index contributed by atoms with van der Waals surface area (Å²) >= 11 is 9.05. The van der Waals surface area contributed by atoms with Crippen LogP contribution in [0.5, 0.6) is 0 Å². The average molecular weight is 363 g/mol. The SMILES string of the molecule is C=CSC(=C)c1cc2sc3cc(-c4cccs4)sc3c2s1. The lowest BCUT2D eigenvalue weighted by Crippen LogP contribution is -1.64. The summed E-state index contributed by atoms with van der Waals surface area (Å²) in [5, 5.41) is 3.98. The molecule has 0 saturated carbocycles. The van der Waals surface area contributed by atoms with Crippen molar-refractivity contribution in [1.82, 2.24) is 0 Å². The molecule has 4 aromatic heterocycles. The molecule has 0 aliphatic carbocycles. The van der Waals surface area contributed by atoms with E-state index in [0.717, 1.165) is 4.91 Å². The molecule has 0 fully saturated rings. The molecule has 0 aliphatic rings. The molecule has 4 aromatic rings. The van der Waals surface area contributed by atoms with Crippen molar-refractivity contribution < 1.29 is 0 Å². The van der Waals surface area contributed by atoms with Gasteiger partial charge in [0.15, 0.2) is 0 Å². The second-order valence-corrected chi connectivity index (χ2v) is 9.59. The molecule has 0 spiro atoms. The highest BCUT2D eigenvalue weighted by atomic mass is 32.2. The maximum absolute atomic E-state index is 4.13. The van der Waals surface area contributed by atoms with Gasteiger partial charge in [0.2, 0.25) is 0 Å². The lowest BCUT2D eigenvalue weighted by atomic mass is 10.4. The van der Waals surface area contributed by atoms with Crippen LogP contribution in [-0.2, 0) is 0 Å². The summed E-state index contributed by atoms with van der Waals surface area (Å²) in [7, 11) is 0. The van der Waals surface area contributed by atoms with Gasteiger partial charge in [0, 0.05) is 28.9 Å². The molecule has 4 heterocycles. The minimum absolute atomic E-state index is 1.08. The summed E-state index contributed by atoms with van der Waals surface area (Å²) in [4.78, 5) is 5.08. The summed E-state index contributed by atoms with van der Waals surface area (Å²) in [6.45, 7) is 7.89. The van der Waals surface area contributed by atoms with Gasteiger partial charge in [-0.1, -0.05) is 31.0 Å². The van der Waals surface area contributed by atoms with Crippen molar-refractivity contribution in [2.75, 3.05) is 0 Å². The summed E-state index contributed by atoms with van der Waals surface area (Å²) in [6, 6.07) is 8.90. The number of thioether (sulfide) groups is 1. The Morgan fingerprint density at radius 2 is 1.86 bits per heavy atom. The molecule has 0 aromatic carbocycles. The van der Waals surface area contributed by atoms with Gasteiger partial charge in [-0.05, 0) is 29.0 Å². The second-order valence-electron chi connectivity index (χ2n) is 4.40. The van der Waals surface area contributed by atoms with Crippen LogP contribution in [0.4, 0.5) is 0 Å². The van der Waals surface area contributed by atoms with Crippen LogP contribution in [0.1, 0.15) is 4.88 Å². The Labute approximate surface area is 143 Å². The van der Waals surface area contributed by atoms with Crippen LogP contribution < -0.4 is 0 Å². The van der Waals surface area contributed by atoms with E-state index in [1.165, 1.54) is 33.4 Å². The third kappa shape index (κ3) is 2.33. The molecule has 104 valence electrons. The normalized spacial score (nSPS) is 11.4. The molecule has 0 saturated heterocycles. The summed E-state index contributed by atoms with van der Waals surface area (Å²) in [5.74, 6) is 0. The van der Waals surface area contributed by atoms with Gasteiger partial charge in [-0.3, -0.25) is 0 Å². The zero-order valence-electron chi connectivity index (χ0n) is 10.9. The van der Waals surface area contributed by atoms with Gasteiger partial charge in [-0.25, -0.2) is 0 Å². The topological polar surface area (TPSA) is 0 Å². The maximum atomic E-state index is 4.13. The minimum Gasteiger partial charge on any atom is -0.143 e. The molecule has 4 rings (SSSR count). The molecular formula is C16H10S5. The molecular weight excluding hydrogens is 353 g/mol. The van der Waals surface area contributed by atoms with E-state index in [1.807, 2.05) is 39.4 Å². The third-order valence-electron chi connectivity index (χ3n) is 3.09. The highest BCUT2D eigenvalue weighted by Crippen LogP contribution is 2.48. The van der Waals surface area contributed by atoms with E-state index in [-0.39, 0.29) is 0 Å². The number of fused-ring (bicyclic) bond motifs is 3. The third-order valence-corrected chi connectivity index (χ3v) is 8.79. The van der Waals surface area contributed by atoms with Crippen molar-refractivity contribution in [2.45, 2.75) is 0 Å². The van der Waals surface area contributed by atoms with E-state index in [0.29, 0.717) is 0 Å². The van der Waals surface area contributed by atoms with Gasteiger partial charge in [0.05, 0.1) is 9.40 Å². The monoisotopic (exact) mass is 362 g/mol. The van der Waals surface area contributed by atoms with E-state index in [4.69, 9.17) is 0 Å². The Morgan fingerprint density at radius 3 is 2.62 bits per heavy atom. The largest absolute Gasteiger partial charge is 0.143 e. The van der Waals surface area contributed by atoms with Crippen LogP contribution in [0.15, 0.2) is 48.2 Å². The van der Waals surface area contributed by atoms with Crippen molar-refractivity contribution in [3.05, 3.63) is 53.1 Å². The fourth-order valence-electron chi connectivity index (χ4n) is 2.17. The van der Waals surface area contributed by atoms with E-state index < -0.39 is 0 Å². The first kappa shape index (κ1) is 13.8. The zero-order valence-corrected chi connectivity index (χ0v) is 15.0. The Morgan fingerprint density at radius 1 is 1.05 bits per heavy atom. The molecule has 0 radical (unpaired) electrons. The van der Waals surface area contributed by atoms with Crippen LogP contribution in [-0.4, -0.2) is 0 Å². The summed E-state index contributed by atoms with van der Waals surface area (Å²) in [5.41, 5.74) is 0. The lowest BCUT2D eigenvalue weighted by Gasteiger charge is -1.94. The minimum atomic E-state index is 1.08. The molecule has 0 nitrogen and oxygen atoms in total. The van der Waals surface area contributed by atoms with Gasteiger partial charge in [-0.2, -0.15) is 0 Å². The predicted octanol–water partition coefficient (Wildman–Crippen LogP) is 7.75. The quantitative estimate of drug-likeness (QED) is 0.357. The Kier molecular flexibility index (Phi) is 3.55. The first-order valence-corrected chi connectivity index (χ1v) is 10.4. The Hall–Kier alpha value is -0.850. The highest BCUT2D eigenvalue weighted by molar-refractivity contribution is 8.11. The smallest absolute Gasteiger partial charge is 0.0636 e. The highest BCUT2D eigenvalue weighted by Gasteiger charge is 2.15. The van der Waals surface area contributed by atoms with Gasteiger partial charge in [-0.15, -0.1) is 45.3 Å². The lowest BCUT2D eigenvalue weighted by molar-refractivity contribution is 1.97. The van der Waals surface area contributed by atoms with Crippen LogP contribution in [0.2, 0.25) is 0 Å². The van der Waals surface area contributed by atoms with E-state index in [9.17, 15) is 0 Å². The molecule has 5 heteroatoms. The number of rotatable bonds is 4. The van der Waals surface area contributed by atoms with Crippen LogP contribution in [0.25, 0.3) is 33.5 Å². The molecule has 0 N–H and O–H groups in total. The number of hydrogen-bond acceptors (Lipinski definition) is 5. The van der Waals surface area contributed by atoms with Crippen LogP contribution >= 0.6 is 57.1 Å². The molecule has 0 bridgehead atoms. The van der Waals surface area contributed by atoms with E-state index in [1.54, 1.807) is 23.1 Å². The fourth-order valence-corrected chi connectivity index (χ4v) is 7.53. The van der Waals surface area contributed by atoms with Crippen molar-refractivity contribution in [3.8, 4) is 9.75 Å². The van der Waals surface area contributed by atoms with Crippen molar-refractivity contribution in [2.24, 2.45) is 0 Å². The standard InChI is InChI=1S/C16H10S5/c1-3-17-9(2)11-7-13-15(20-11)16-14(19-13)8-12(21-16)10-5-4-6-18-10/h3-8H,1-2H2. The van der Waals surface area contributed by atoms with Crippen molar-refractivity contribution in [3.63, 3.8) is 0 Å². The van der Waals surface area contributed by atoms with Gasteiger partial charge >= 0.3 is 0 Å². The van der Waals surface area contributed by atoms with E-state index in [2.05, 4.69) is 42.8 Å². The second kappa shape index (κ2) is 5.41. The number of thiophene rings is 4. The molecule has 0 amide bonds. The first-order chi connectivity index (χ1) is 10.3. The summed E-state index contributed by atoms with van der Waals surface area (Å²) < 4.78 is 5.60. The molecule has 0 unspecified atom stereocenters. The Bertz CT molecular complexity index is 946. The first-order valence-electron chi connectivity index (χ1n) is 6.23. The molecule has 21 heavy (non-hydrogen) atoms. The zero-order chi connectivity index (χ0) is 14.4. The van der Waals surface area contributed by atoms with Crippen LogP contribution in [0, 0.1) is 0 Å². The van der Waals surface area contributed by atoms with E-state index >= 15 is 0 Å². The van der Waals surface area contributed by atoms with Crippen molar-refractivity contribution >= 4 is 80.8 Å². The fraction of sp³-hybridized carbons (Fsp3) is 0. The number of hydrogen-bond donors (Lipinski definition) is 0. The van der Waals surface area contributed by atoms with Crippen molar-refractivity contribution in [1.29, 1.82) is 0 Å². The Balaban J connectivity index is 1.85. The molecule has 0 aliphatic heterocycles. The maximum Gasteiger partial charge on any atom is 0.0636 e. The van der Waals surface area contributed by atoms with Crippen LogP contribution in [0.3, 0.4) is 0 Å². The van der Waals surface area contributed by atoms with Gasteiger partial charge < -0.3 is 0 Å². The van der Waals surface area contributed by atoms with Gasteiger partial charge in [0.1, 0.15) is 0 Å². The van der Waals surface area contributed by atoms with Gasteiger partial charge in [0.25, 0.3) is 0 Å². The summed E-state index contributed by atoms with van der Waals surface area (Å²) in [6.07, 6.45) is 0. The predicted molar refractivity (Wildman–Crippen MR) is 105 cm³/mol. The molecule has 0 atom stereocenters. The average Bonchev–Trinajstić information content (AvgIpc) is 3.19.